The molecule has 3 nitrogen and oxygen atoms in total. The van der Waals surface area contributed by atoms with Crippen molar-refractivity contribution in [1.82, 2.24) is 9.97 Å². The van der Waals surface area contributed by atoms with Gasteiger partial charge < -0.3 is 4.90 Å². The van der Waals surface area contributed by atoms with Crippen molar-refractivity contribution in [3.63, 3.8) is 0 Å². The fourth-order valence-electron chi connectivity index (χ4n) is 1.67. The molecule has 0 aliphatic heterocycles. The Labute approximate surface area is 117 Å². The summed E-state index contributed by atoms with van der Waals surface area (Å²) in [6, 6.07) is 12.1. The first-order chi connectivity index (χ1) is 8.74. The minimum Gasteiger partial charge on any atom is -0.305 e. The van der Waals surface area contributed by atoms with E-state index in [1.54, 1.807) is 17.5 Å². The molecule has 0 fully saturated rings. The number of nitrogens with zero attached hydrogens (tertiary/aromatic N) is 3. The summed E-state index contributed by atoms with van der Waals surface area (Å²) in [5.74, 6) is 0.886. The number of anilines is 2. The van der Waals surface area contributed by atoms with Crippen LogP contribution < -0.4 is 4.90 Å². The van der Waals surface area contributed by atoms with Gasteiger partial charge >= 0.3 is 0 Å². The van der Waals surface area contributed by atoms with Gasteiger partial charge in [-0.15, -0.1) is 0 Å². The van der Waals surface area contributed by atoms with Gasteiger partial charge in [-0.25, -0.2) is 9.97 Å². The van der Waals surface area contributed by atoms with Crippen molar-refractivity contribution in [2.24, 2.45) is 0 Å². The van der Waals surface area contributed by atoms with Crippen molar-refractivity contribution >= 4 is 48.4 Å². The molecule has 0 unspecified atom stereocenters. The second-order valence-corrected chi connectivity index (χ2v) is 5.78. The third kappa shape index (κ3) is 2.11. The standard InChI is InChI=1S/C13H10BrN3S/c1-17(12-7-6-9(14)8-15-12)13-16-10-4-2-3-5-11(10)18-13/h2-8H,1H3. The van der Waals surface area contributed by atoms with Crippen LogP contribution >= 0.6 is 27.3 Å². The largest absolute Gasteiger partial charge is 0.305 e. The van der Waals surface area contributed by atoms with Gasteiger partial charge in [-0.1, -0.05) is 23.5 Å². The van der Waals surface area contributed by atoms with E-state index in [0.717, 1.165) is 20.9 Å². The molecule has 0 atom stereocenters. The van der Waals surface area contributed by atoms with Crippen LogP contribution in [0, 0.1) is 0 Å². The Morgan fingerprint density at radius 3 is 2.72 bits per heavy atom. The number of benzene rings is 1. The number of para-hydroxylation sites is 1. The van der Waals surface area contributed by atoms with Crippen LogP contribution in [0.3, 0.4) is 0 Å². The molecule has 0 spiro atoms. The third-order valence-corrected chi connectivity index (χ3v) is 4.21. The van der Waals surface area contributed by atoms with Gasteiger partial charge in [-0.05, 0) is 40.2 Å². The first kappa shape index (κ1) is 11.6. The van der Waals surface area contributed by atoms with E-state index in [4.69, 9.17) is 0 Å². The Hall–Kier alpha value is -1.46. The first-order valence-corrected chi connectivity index (χ1v) is 7.06. The summed E-state index contributed by atoms with van der Waals surface area (Å²) in [7, 11) is 1.98. The van der Waals surface area contributed by atoms with E-state index in [9.17, 15) is 0 Å². The van der Waals surface area contributed by atoms with Crippen LogP contribution in [0.4, 0.5) is 10.9 Å². The minimum absolute atomic E-state index is 0.886. The average Bonchev–Trinajstić information content (AvgIpc) is 2.82. The molecule has 90 valence electrons. The summed E-state index contributed by atoms with van der Waals surface area (Å²) in [5, 5.41) is 0.950. The molecule has 0 saturated carbocycles. The molecule has 0 N–H and O–H groups in total. The van der Waals surface area contributed by atoms with Gasteiger partial charge in [-0.2, -0.15) is 0 Å². The second kappa shape index (κ2) is 4.66. The van der Waals surface area contributed by atoms with Crippen LogP contribution in [0.5, 0.6) is 0 Å². The van der Waals surface area contributed by atoms with E-state index >= 15 is 0 Å². The summed E-state index contributed by atoms with van der Waals surface area (Å²) in [4.78, 5) is 11.0. The summed E-state index contributed by atoms with van der Waals surface area (Å²) in [6.45, 7) is 0. The van der Waals surface area contributed by atoms with E-state index in [-0.39, 0.29) is 0 Å². The number of pyridine rings is 1. The minimum atomic E-state index is 0.886. The van der Waals surface area contributed by atoms with Gasteiger partial charge in [0.15, 0.2) is 5.13 Å². The molecule has 0 radical (unpaired) electrons. The Kier molecular flexibility index (Phi) is 3.01. The van der Waals surface area contributed by atoms with Gasteiger partial charge in [0.25, 0.3) is 0 Å². The van der Waals surface area contributed by atoms with Gasteiger partial charge in [0.2, 0.25) is 0 Å². The molecular formula is C13H10BrN3S. The molecule has 2 heterocycles. The fourth-order valence-corrected chi connectivity index (χ4v) is 2.84. The topological polar surface area (TPSA) is 29.0 Å². The highest BCUT2D eigenvalue weighted by atomic mass is 79.9. The zero-order valence-electron chi connectivity index (χ0n) is 9.67. The molecule has 0 saturated heterocycles. The van der Waals surface area contributed by atoms with E-state index in [1.807, 2.05) is 42.3 Å². The molecular weight excluding hydrogens is 310 g/mol. The summed E-state index contributed by atoms with van der Waals surface area (Å²) in [6.07, 6.45) is 1.79. The Morgan fingerprint density at radius 1 is 1.17 bits per heavy atom. The normalized spacial score (nSPS) is 10.8. The third-order valence-electron chi connectivity index (χ3n) is 2.62. The van der Waals surface area contributed by atoms with Crippen molar-refractivity contribution in [2.45, 2.75) is 0 Å². The smallest absolute Gasteiger partial charge is 0.191 e. The fraction of sp³-hybridized carbons (Fsp3) is 0.0769. The maximum Gasteiger partial charge on any atom is 0.191 e. The SMILES string of the molecule is CN(c1ccc(Br)cn1)c1nc2ccccc2s1. The quantitative estimate of drug-likeness (QED) is 0.708. The van der Waals surface area contributed by atoms with E-state index < -0.39 is 0 Å². The van der Waals surface area contributed by atoms with Crippen molar-refractivity contribution in [1.29, 1.82) is 0 Å². The number of rotatable bonds is 2. The Bertz CT molecular complexity index is 645. The number of hydrogen-bond acceptors (Lipinski definition) is 4. The Balaban J connectivity index is 2.00. The maximum absolute atomic E-state index is 4.60. The van der Waals surface area contributed by atoms with Crippen molar-refractivity contribution in [3.05, 3.63) is 47.1 Å². The second-order valence-electron chi connectivity index (χ2n) is 3.86. The molecule has 0 bridgehead atoms. The predicted octanol–water partition coefficient (Wildman–Crippen LogP) is 4.22. The van der Waals surface area contributed by atoms with Gasteiger partial charge in [0.1, 0.15) is 5.82 Å². The number of fused-ring (bicyclic) bond motifs is 1. The van der Waals surface area contributed by atoms with E-state index in [1.165, 1.54) is 4.70 Å². The molecule has 2 aromatic heterocycles. The lowest BCUT2D eigenvalue weighted by atomic mass is 10.3. The summed E-state index contributed by atoms with van der Waals surface area (Å²) >= 11 is 5.05. The van der Waals surface area contributed by atoms with Crippen LogP contribution in [-0.4, -0.2) is 17.0 Å². The molecule has 0 aliphatic rings. The summed E-state index contributed by atoms with van der Waals surface area (Å²) in [5.41, 5.74) is 1.03. The summed E-state index contributed by atoms with van der Waals surface area (Å²) < 4.78 is 2.17. The van der Waals surface area contributed by atoms with Gasteiger partial charge in [0.05, 0.1) is 10.2 Å². The Morgan fingerprint density at radius 2 is 2.00 bits per heavy atom. The van der Waals surface area contributed by atoms with E-state index in [2.05, 4.69) is 32.0 Å². The van der Waals surface area contributed by atoms with Crippen LogP contribution in [0.1, 0.15) is 0 Å². The van der Waals surface area contributed by atoms with Crippen LogP contribution in [0.15, 0.2) is 47.1 Å². The molecule has 3 rings (SSSR count). The monoisotopic (exact) mass is 319 g/mol. The number of aromatic nitrogens is 2. The predicted molar refractivity (Wildman–Crippen MR) is 79.6 cm³/mol. The first-order valence-electron chi connectivity index (χ1n) is 5.45. The highest BCUT2D eigenvalue weighted by Gasteiger charge is 2.10. The molecule has 1 aromatic carbocycles. The zero-order chi connectivity index (χ0) is 12.5. The molecule has 0 aliphatic carbocycles. The lowest BCUT2D eigenvalue weighted by Gasteiger charge is -2.13. The lowest BCUT2D eigenvalue weighted by Crippen LogP contribution is -2.10. The van der Waals surface area contributed by atoms with Crippen LogP contribution in [0.25, 0.3) is 10.2 Å². The highest BCUT2D eigenvalue weighted by molar-refractivity contribution is 9.10. The van der Waals surface area contributed by atoms with Crippen LogP contribution in [0.2, 0.25) is 0 Å². The lowest BCUT2D eigenvalue weighted by molar-refractivity contribution is 1.11. The molecule has 5 heteroatoms. The van der Waals surface area contributed by atoms with E-state index in [0.29, 0.717) is 0 Å². The van der Waals surface area contributed by atoms with Crippen molar-refractivity contribution in [3.8, 4) is 0 Å². The molecule has 3 aromatic rings. The number of halogens is 1. The molecule has 0 amide bonds. The van der Waals surface area contributed by atoms with Gasteiger partial charge in [0, 0.05) is 17.7 Å². The van der Waals surface area contributed by atoms with Crippen LogP contribution in [-0.2, 0) is 0 Å². The maximum atomic E-state index is 4.60. The van der Waals surface area contributed by atoms with Crippen molar-refractivity contribution < 1.29 is 0 Å². The van der Waals surface area contributed by atoms with Gasteiger partial charge in [-0.3, -0.25) is 0 Å². The highest BCUT2D eigenvalue weighted by Crippen LogP contribution is 2.31. The zero-order valence-corrected chi connectivity index (χ0v) is 12.1. The number of hydrogen-bond donors (Lipinski definition) is 0. The number of thiazole rings is 1. The van der Waals surface area contributed by atoms with Crippen molar-refractivity contribution in [2.75, 3.05) is 11.9 Å². The average molecular weight is 320 g/mol. The molecule has 18 heavy (non-hydrogen) atoms.